The monoisotopic (exact) mass is 308 g/mol. The van der Waals surface area contributed by atoms with E-state index >= 15 is 0 Å². The highest BCUT2D eigenvalue weighted by Crippen LogP contribution is 2.32. The topological polar surface area (TPSA) is 16.1 Å². The van der Waals surface area contributed by atoms with Gasteiger partial charge in [0.05, 0.1) is 0 Å². The molecule has 0 unspecified atom stereocenters. The lowest BCUT2D eigenvalue weighted by atomic mass is 9.87. The molecule has 0 radical (unpaired) electrons. The standard InChI is InChI=1S/C18H28N2.ClH/c1-3-12-20(13-4-2)15-17-8-5-6-10-18(17)16-9-7-11-19-14-16;/h7,9,11,14H,3-6,8,10,12-13,15H2,1-2H3;1H. The van der Waals surface area contributed by atoms with Crippen molar-refractivity contribution >= 4 is 18.0 Å². The molecule has 0 spiro atoms. The lowest BCUT2D eigenvalue weighted by molar-refractivity contribution is 0.293. The van der Waals surface area contributed by atoms with Gasteiger partial charge in [-0.15, -0.1) is 12.4 Å². The molecule has 1 aromatic heterocycles. The average Bonchev–Trinajstić information content (AvgIpc) is 2.49. The predicted molar refractivity (Wildman–Crippen MR) is 93.9 cm³/mol. The van der Waals surface area contributed by atoms with Gasteiger partial charge in [0.25, 0.3) is 0 Å². The molecule has 0 saturated carbocycles. The molecule has 1 aliphatic carbocycles. The first-order valence-electron chi connectivity index (χ1n) is 8.18. The number of aromatic nitrogens is 1. The third-order valence-corrected chi connectivity index (χ3v) is 4.09. The second kappa shape index (κ2) is 9.97. The molecule has 1 aliphatic rings. The maximum absolute atomic E-state index is 4.30. The van der Waals surface area contributed by atoms with E-state index in [1.54, 1.807) is 11.1 Å². The van der Waals surface area contributed by atoms with Crippen LogP contribution in [0.1, 0.15) is 57.9 Å². The molecule has 1 aromatic rings. The Morgan fingerprint density at radius 2 is 1.81 bits per heavy atom. The third kappa shape index (κ3) is 5.44. The maximum atomic E-state index is 4.30. The van der Waals surface area contributed by atoms with Crippen LogP contribution >= 0.6 is 12.4 Å². The number of pyridine rings is 1. The zero-order valence-electron chi connectivity index (χ0n) is 13.5. The van der Waals surface area contributed by atoms with Crippen LogP contribution in [-0.2, 0) is 0 Å². The minimum Gasteiger partial charge on any atom is -0.299 e. The number of nitrogens with zero attached hydrogens (tertiary/aromatic N) is 2. The van der Waals surface area contributed by atoms with Crippen molar-refractivity contribution in [1.29, 1.82) is 0 Å². The van der Waals surface area contributed by atoms with Crippen LogP contribution < -0.4 is 0 Å². The molecular weight excluding hydrogens is 280 g/mol. The van der Waals surface area contributed by atoms with Gasteiger partial charge < -0.3 is 0 Å². The van der Waals surface area contributed by atoms with Crippen LogP contribution in [0.2, 0.25) is 0 Å². The number of allylic oxidation sites excluding steroid dienone is 1. The van der Waals surface area contributed by atoms with Crippen LogP contribution in [0.15, 0.2) is 30.1 Å². The molecule has 0 bridgehead atoms. The maximum Gasteiger partial charge on any atom is 0.0343 e. The van der Waals surface area contributed by atoms with Gasteiger partial charge >= 0.3 is 0 Å². The second-order valence-electron chi connectivity index (χ2n) is 5.81. The van der Waals surface area contributed by atoms with E-state index in [1.165, 1.54) is 57.2 Å². The molecule has 0 aromatic carbocycles. The number of halogens is 1. The fourth-order valence-corrected chi connectivity index (χ4v) is 3.20. The normalized spacial score (nSPS) is 15.2. The second-order valence-corrected chi connectivity index (χ2v) is 5.81. The number of hydrogen-bond acceptors (Lipinski definition) is 2. The van der Waals surface area contributed by atoms with Crippen LogP contribution in [0.3, 0.4) is 0 Å². The summed E-state index contributed by atoms with van der Waals surface area (Å²) in [6, 6.07) is 4.28. The van der Waals surface area contributed by atoms with E-state index in [4.69, 9.17) is 0 Å². The Balaban J connectivity index is 0.00000220. The Morgan fingerprint density at radius 3 is 2.43 bits per heavy atom. The molecule has 0 aliphatic heterocycles. The molecule has 0 N–H and O–H groups in total. The zero-order valence-corrected chi connectivity index (χ0v) is 14.3. The van der Waals surface area contributed by atoms with Gasteiger partial charge in [-0.05, 0) is 68.8 Å². The third-order valence-electron chi connectivity index (χ3n) is 4.09. The minimum absolute atomic E-state index is 0. The smallest absolute Gasteiger partial charge is 0.0343 e. The summed E-state index contributed by atoms with van der Waals surface area (Å²) in [5, 5.41) is 0. The van der Waals surface area contributed by atoms with Crippen LogP contribution in [0.5, 0.6) is 0 Å². The first kappa shape index (κ1) is 18.2. The molecule has 3 heteroatoms. The molecule has 0 amide bonds. The minimum atomic E-state index is 0. The van der Waals surface area contributed by atoms with Crippen molar-refractivity contribution in [3.63, 3.8) is 0 Å². The van der Waals surface area contributed by atoms with E-state index in [0.717, 1.165) is 6.54 Å². The molecule has 0 fully saturated rings. The summed E-state index contributed by atoms with van der Waals surface area (Å²) in [5.74, 6) is 0. The van der Waals surface area contributed by atoms with Gasteiger partial charge in [-0.3, -0.25) is 9.88 Å². The van der Waals surface area contributed by atoms with Crippen LogP contribution in [-0.4, -0.2) is 29.5 Å². The molecule has 21 heavy (non-hydrogen) atoms. The molecule has 1 heterocycles. The van der Waals surface area contributed by atoms with Gasteiger partial charge in [-0.2, -0.15) is 0 Å². The first-order valence-corrected chi connectivity index (χ1v) is 8.18. The summed E-state index contributed by atoms with van der Waals surface area (Å²) in [4.78, 5) is 6.92. The van der Waals surface area contributed by atoms with E-state index in [2.05, 4.69) is 35.9 Å². The fraction of sp³-hybridized carbons (Fsp3) is 0.611. The van der Waals surface area contributed by atoms with Crippen LogP contribution in [0, 0.1) is 0 Å². The summed E-state index contributed by atoms with van der Waals surface area (Å²) in [5.41, 5.74) is 4.57. The zero-order chi connectivity index (χ0) is 14.2. The van der Waals surface area contributed by atoms with Crippen molar-refractivity contribution in [3.8, 4) is 0 Å². The van der Waals surface area contributed by atoms with Gasteiger partial charge in [0.15, 0.2) is 0 Å². The summed E-state index contributed by atoms with van der Waals surface area (Å²) in [6.45, 7) is 8.15. The molecular formula is C18H29ClN2. The Labute approximate surface area is 136 Å². The quantitative estimate of drug-likeness (QED) is 0.708. The highest BCUT2D eigenvalue weighted by molar-refractivity contribution is 5.85. The fourth-order valence-electron chi connectivity index (χ4n) is 3.20. The van der Waals surface area contributed by atoms with Crippen LogP contribution in [0.4, 0.5) is 0 Å². The summed E-state index contributed by atoms with van der Waals surface area (Å²) in [7, 11) is 0. The van der Waals surface area contributed by atoms with Gasteiger partial charge in [0, 0.05) is 18.9 Å². The molecule has 118 valence electrons. The molecule has 2 nitrogen and oxygen atoms in total. The predicted octanol–water partition coefficient (Wildman–Crippen LogP) is 4.95. The Morgan fingerprint density at radius 1 is 1.10 bits per heavy atom. The van der Waals surface area contributed by atoms with E-state index in [-0.39, 0.29) is 12.4 Å². The number of hydrogen-bond donors (Lipinski definition) is 0. The van der Waals surface area contributed by atoms with E-state index in [1.807, 2.05) is 12.4 Å². The average molecular weight is 309 g/mol. The first-order chi connectivity index (χ1) is 9.85. The SMILES string of the molecule is CCCN(CCC)CC1=C(c2cccnc2)CCCC1.Cl. The van der Waals surface area contributed by atoms with E-state index in [0.29, 0.717) is 0 Å². The Kier molecular flexibility index (Phi) is 8.63. The van der Waals surface area contributed by atoms with Crippen molar-refractivity contribution in [1.82, 2.24) is 9.88 Å². The highest BCUT2D eigenvalue weighted by atomic mass is 35.5. The summed E-state index contributed by atoms with van der Waals surface area (Å²) < 4.78 is 0. The summed E-state index contributed by atoms with van der Waals surface area (Å²) in [6.07, 6.45) is 11.6. The highest BCUT2D eigenvalue weighted by Gasteiger charge is 2.16. The van der Waals surface area contributed by atoms with Crippen LogP contribution in [0.25, 0.3) is 5.57 Å². The molecule has 0 atom stereocenters. The van der Waals surface area contributed by atoms with Gasteiger partial charge in [0.2, 0.25) is 0 Å². The van der Waals surface area contributed by atoms with Crippen molar-refractivity contribution in [2.24, 2.45) is 0 Å². The van der Waals surface area contributed by atoms with Crippen molar-refractivity contribution < 1.29 is 0 Å². The van der Waals surface area contributed by atoms with Crippen molar-refractivity contribution in [2.75, 3.05) is 19.6 Å². The van der Waals surface area contributed by atoms with Gasteiger partial charge in [-0.1, -0.05) is 25.5 Å². The Hall–Kier alpha value is -0.860. The van der Waals surface area contributed by atoms with E-state index < -0.39 is 0 Å². The molecule has 0 saturated heterocycles. The van der Waals surface area contributed by atoms with Crippen molar-refractivity contribution in [2.45, 2.75) is 52.4 Å². The van der Waals surface area contributed by atoms with Gasteiger partial charge in [-0.25, -0.2) is 0 Å². The van der Waals surface area contributed by atoms with Gasteiger partial charge in [0.1, 0.15) is 0 Å². The lowest BCUT2D eigenvalue weighted by Gasteiger charge is -2.27. The summed E-state index contributed by atoms with van der Waals surface area (Å²) >= 11 is 0. The van der Waals surface area contributed by atoms with E-state index in [9.17, 15) is 0 Å². The Bertz CT molecular complexity index is 422. The number of rotatable bonds is 7. The molecule has 2 rings (SSSR count). The lowest BCUT2D eigenvalue weighted by Crippen LogP contribution is -2.28. The largest absolute Gasteiger partial charge is 0.299 e. The van der Waals surface area contributed by atoms with Crippen molar-refractivity contribution in [3.05, 3.63) is 35.7 Å².